The molecule has 0 aliphatic heterocycles. The van der Waals surface area contributed by atoms with Crippen LogP contribution in [-0.2, 0) is 0 Å². The summed E-state index contributed by atoms with van der Waals surface area (Å²) >= 11 is 0. The Morgan fingerprint density at radius 3 is 2.50 bits per heavy atom. The number of carbonyl (C=O) groups excluding carboxylic acids is 1. The monoisotopic (exact) mass is 270 g/mol. The number of pyridine rings is 1. The number of hydrogen-bond donors (Lipinski definition) is 1. The van der Waals surface area contributed by atoms with Gasteiger partial charge < -0.3 is 10.5 Å². The molecule has 1 atom stereocenters. The van der Waals surface area contributed by atoms with E-state index in [1.54, 1.807) is 0 Å². The van der Waals surface area contributed by atoms with Gasteiger partial charge in [0.25, 0.3) is 5.91 Å². The second-order valence-electron chi connectivity index (χ2n) is 5.00. The van der Waals surface area contributed by atoms with E-state index in [4.69, 9.17) is 0 Å². The third-order valence-electron chi connectivity index (χ3n) is 3.31. The van der Waals surface area contributed by atoms with Gasteiger partial charge in [0, 0.05) is 12.1 Å². The predicted octanol–water partition coefficient (Wildman–Crippen LogP) is 2.43. The van der Waals surface area contributed by atoms with Crippen LogP contribution in [0.25, 0.3) is 0 Å². The van der Waals surface area contributed by atoms with Crippen molar-refractivity contribution in [3.05, 3.63) is 70.2 Å². The molecule has 1 N–H and O–H groups in total. The van der Waals surface area contributed by atoms with Crippen LogP contribution in [0, 0.1) is 19.1 Å². The molecule has 1 aromatic heterocycles. The Kier molecular flexibility index (Phi) is 4.03. The van der Waals surface area contributed by atoms with E-state index >= 15 is 0 Å². The standard InChI is InChI=1S/C16H18N2O2/c1-11-4-5-12(2)15(10-11)13(3)17-16(19)14-6-8-18(20)9-7-14/h4-10,13H,1-3H3,(H,17,19)/t13-/m0/s1. The molecule has 0 saturated carbocycles. The number of nitrogens with zero attached hydrogens (tertiary/aromatic N) is 1. The van der Waals surface area contributed by atoms with Crippen molar-refractivity contribution >= 4 is 5.91 Å². The molecule has 2 rings (SSSR count). The van der Waals surface area contributed by atoms with Crippen LogP contribution in [0.3, 0.4) is 0 Å². The van der Waals surface area contributed by atoms with Gasteiger partial charge in [-0.2, -0.15) is 4.73 Å². The van der Waals surface area contributed by atoms with Crippen molar-refractivity contribution in [1.82, 2.24) is 5.32 Å². The minimum Gasteiger partial charge on any atom is -0.619 e. The van der Waals surface area contributed by atoms with Crippen LogP contribution in [0.2, 0.25) is 0 Å². The van der Waals surface area contributed by atoms with Gasteiger partial charge in [-0.3, -0.25) is 4.79 Å². The summed E-state index contributed by atoms with van der Waals surface area (Å²) in [6.07, 6.45) is 2.63. The molecule has 104 valence electrons. The molecule has 1 amide bonds. The first-order valence-electron chi connectivity index (χ1n) is 6.54. The number of carbonyl (C=O) groups is 1. The molecule has 2 aromatic rings. The molecule has 0 fully saturated rings. The minimum atomic E-state index is -0.181. The maximum Gasteiger partial charge on any atom is 0.252 e. The van der Waals surface area contributed by atoms with Gasteiger partial charge >= 0.3 is 0 Å². The fourth-order valence-corrected chi connectivity index (χ4v) is 2.15. The van der Waals surface area contributed by atoms with Crippen molar-refractivity contribution in [2.45, 2.75) is 26.8 Å². The Balaban J connectivity index is 2.15. The van der Waals surface area contributed by atoms with E-state index in [0.29, 0.717) is 10.3 Å². The van der Waals surface area contributed by atoms with Gasteiger partial charge in [-0.15, -0.1) is 0 Å². The smallest absolute Gasteiger partial charge is 0.252 e. The van der Waals surface area contributed by atoms with Crippen molar-refractivity contribution in [2.24, 2.45) is 0 Å². The molecule has 0 spiro atoms. The van der Waals surface area contributed by atoms with Crippen molar-refractivity contribution in [2.75, 3.05) is 0 Å². The van der Waals surface area contributed by atoms with E-state index in [1.165, 1.54) is 30.1 Å². The van der Waals surface area contributed by atoms with E-state index in [1.807, 2.05) is 20.8 Å². The number of aryl methyl sites for hydroxylation is 2. The van der Waals surface area contributed by atoms with E-state index in [9.17, 15) is 10.0 Å². The average molecular weight is 270 g/mol. The lowest BCUT2D eigenvalue weighted by Crippen LogP contribution is -2.29. The van der Waals surface area contributed by atoms with Crippen LogP contribution in [0.4, 0.5) is 0 Å². The molecule has 1 heterocycles. The Morgan fingerprint density at radius 2 is 1.85 bits per heavy atom. The fraction of sp³-hybridized carbons (Fsp3) is 0.250. The van der Waals surface area contributed by atoms with Gasteiger partial charge in [0.2, 0.25) is 0 Å². The Morgan fingerprint density at radius 1 is 1.20 bits per heavy atom. The molecule has 0 bridgehead atoms. The second kappa shape index (κ2) is 5.74. The fourth-order valence-electron chi connectivity index (χ4n) is 2.15. The molecule has 0 saturated heterocycles. The normalized spacial score (nSPS) is 11.9. The summed E-state index contributed by atoms with van der Waals surface area (Å²) in [7, 11) is 0. The van der Waals surface area contributed by atoms with Crippen LogP contribution in [0.5, 0.6) is 0 Å². The highest BCUT2D eigenvalue weighted by atomic mass is 16.5. The highest BCUT2D eigenvalue weighted by molar-refractivity contribution is 5.94. The summed E-state index contributed by atoms with van der Waals surface area (Å²) in [5.41, 5.74) is 3.90. The van der Waals surface area contributed by atoms with Gasteiger partial charge in [0.05, 0.1) is 11.6 Å². The molecular formula is C16H18N2O2. The third-order valence-corrected chi connectivity index (χ3v) is 3.31. The summed E-state index contributed by atoms with van der Waals surface area (Å²) in [5.74, 6) is -0.181. The van der Waals surface area contributed by atoms with Crippen LogP contribution in [0.15, 0.2) is 42.7 Å². The highest BCUT2D eigenvalue weighted by Crippen LogP contribution is 2.19. The van der Waals surface area contributed by atoms with Crippen LogP contribution in [0.1, 0.15) is 40.0 Å². The van der Waals surface area contributed by atoms with Crippen molar-refractivity contribution in [3.8, 4) is 0 Å². The maximum absolute atomic E-state index is 12.1. The molecule has 0 unspecified atom stereocenters. The lowest BCUT2D eigenvalue weighted by atomic mass is 10.00. The number of benzene rings is 1. The molecule has 1 aromatic carbocycles. The summed E-state index contributed by atoms with van der Waals surface area (Å²) in [6.45, 7) is 6.01. The highest BCUT2D eigenvalue weighted by Gasteiger charge is 2.13. The minimum absolute atomic E-state index is 0.0815. The SMILES string of the molecule is Cc1ccc(C)c([C@H](C)NC(=O)c2cc[n+]([O-])cc2)c1. The summed E-state index contributed by atoms with van der Waals surface area (Å²) in [5, 5.41) is 13.9. The van der Waals surface area contributed by atoms with Crippen LogP contribution >= 0.6 is 0 Å². The van der Waals surface area contributed by atoms with Gasteiger partial charge in [0.1, 0.15) is 0 Å². The van der Waals surface area contributed by atoms with E-state index < -0.39 is 0 Å². The third kappa shape index (κ3) is 3.15. The first-order chi connectivity index (χ1) is 9.47. The van der Waals surface area contributed by atoms with E-state index in [2.05, 4.69) is 23.5 Å². The Bertz CT molecular complexity index is 621. The molecule has 20 heavy (non-hydrogen) atoms. The van der Waals surface area contributed by atoms with Gasteiger partial charge in [-0.25, -0.2) is 0 Å². The molecule has 0 aliphatic rings. The quantitative estimate of drug-likeness (QED) is 0.688. The molecule has 4 heteroatoms. The number of rotatable bonds is 3. The lowest BCUT2D eigenvalue weighted by Gasteiger charge is -2.17. The average Bonchev–Trinajstić information content (AvgIpc) is 2.42. The predicted molar refractivity (Wildman–Crippen MR) is 77.2 cm³/mol. The molecular weight excluding hydrogens is 252 g/mol. The number of nitrogens with one attached hydrogen (secondary N) is 1. The summed E-state index contributed by atoms with van der Waals surface area (Å²) < 4.78 is 0.658. The van der Waals surface area contributed by atoms with Gasteiger partial charge in [-0.1, -0.05) is 23.8 Å². The first-order valence-corrected chi connectivity index (χ1v) is 6.54. The molecule has 4 nitrogen and oxygen atoms in total. The lowest BCUT2D eigenvalue weighted by molar-refractivity contribution is -0.605. The van der Waals surface area contributed by atoms with Crippen LogP contribution in [-0.4, -0.2) is 5.91 Å². The van der Waals surface area contributed by atoms with Gasteiger partial charge in [0.15, 0.2) is 12.4 Å². The molecule has 0 aliphatic carbocycles. The largest absolute Gasteiger partial charge is 0.619 e. The van der Waals surface area contributed by atoms with E-state index in [0.717, 1.165) is 11.1 Å². The topological polar surface area (TPSA) is 56.0 Å². The zero-order chi connectivity index (χ0) is 14.7. The summed E-state index contributed by atoms with van der Waals surface area (Å²) in [4.78, 5) is 12.1. The van der Waals surface area contributed by atoms with Gasteiger partial charge in [-0.05, 0) is 31.9 Å². The second-order valence-corrected chi connectivity index (χ2v) is 5.00. The Hall–Kier alpha value is -2.36. The zero-order valence-electron chi connectivity index (χ0n) is 11.9. The molecule has 0 radical (unpaired) electrons. The maximum atomic E-state index is 12.1. The Labute approximate surface area is 118 Å². The van der Waals surface area contributed by atoms with Crippen LogP contribution < -0.4 is 10.0 Å². The van der Waals surface area contributed by atoms with Crippen molar-refractivity contribution in [3.63, 3.8) is 0 Å². The van der Waals surface area contributed by atoms with Crippen molar-refractivity contribution < 1.29 is 9.52 Å². The zero-order valence-corrected chi connectivity index (χ0v) is 11.9. The van der Waals surface area contributed by atoms with Crippen molar-refractivity contribution in [1.29, 1.82) is 0 Å². The number of aromatic nitrogens is 1. The van der Waals surface area contributed by atoms with E-state index in [-0.39, 0.29) is 11.9 Å². The summed E-state index contributed by atoms with van der Waals surface area (Å²) in [6, 6.07) is 9.13. The number of hydrogen-bond acceptors (Lipinski definition) is 2. The number of amides is 1. The first kappa shape index (κ1) is 14.1.